The molecule has 2 heteroatoms. The quantitative estimate of drug-likeness (QED) is 0.111. The summed E-state index contributed by atoms with van der Waals surface area (Å²) in [6.45, 7) is 6.87. The standard InChI is InChI=1S/C78H56N2/c1-78(2,3)57-35-39-59(40-36-57)80(61-38-34-52-20-8-10-22-54(52)46-61)63-42-44-71-75(50-63)77(73-48-56-24-12-14-28-65(56)67-30-16-18-32-69(67)73)70-43-41-62(79(58-25-5-4-6-26-58)60-37-33-51-19-7-9-21-53(51)45-60)49-74(70)76(71)72-47-55-23-11-13-27-64(55)66-29-15-17-31-68(66)72/h4-50H,1-3H3. The molecule has 0 bridgehead atoms. The van der Waals surface area contributed by atoms with Crippen molar-refractivity contribution in [2.75, 3.05) is 9.80 Å². The van der Waals surface area contributed by atoms with Crippen LogP contribution in [0.15, 0.2) is 285 Å². The first kappa shape index (κ1) is 47.2. The largest absolute Gasteiger partial charge is 0.310 e. The number of fused-ring (bicyclic) bond motifs is 10. The summed E-state index contributed by atoms with van der Waals surface area (Å²) in [7, 11) is 0. The van der Waals surface area contributed by atoms with Gasteiger partial charge in [0, 0.05) is 34.1 Å². The summed E-state index contributed by atoms with van der Waals surface area (Å²) >= 11 is 0. The van der Waals surface area contributed by atoms with Crippen LogP contribution in [0, 0.1) is 0 Å². The van der Waals surface area contributed by atoms with Crippen LogP contribution in [0.2, 0.25) is 0 Å². The van der Waals surface area contributed by atoms with E-state index >= 15 is 0 Å². The Morgan fingerprint density at radius 3 is 1.00 bits per heavy atom. The fraction of sp³-hybridized carbons (Fsp3) is 0.0513. The van der Waals surface area contributed by atoms with Gasteiger partial charge in [0.1, 0.15) is 0 Å². The second-order valence-electron chi connectivity index (χ2n) is 22.5. The van der Waals surface area contributed by atoms with Gasteiger partial charge in [0.05, 0.1) is 0 Å². The highest BCUT2D eigenvalue weighted by atomic mass is 15.1. The van der Waals surface area contributed by atoms with Crippen LogP contribution in [0.3, 0.4) is 0 Å². The zero-order chi connectivity index (χ0) is 53.5. The van der Waals surface area contributed by atoms with Crippen LogP contribution in [-0.2, 0) is 5.41 Å². The maximum absolute atomic E-state index is 2.49. The van der Waals surface area contributed by atoms with Crippen molar-refractivity contribution in [1.82, 2.24) is 0 Å². The third-order valence-electron chi connectivity index (χ3n) is 16.7. The summed E-state index contributed by atoms with van der Waals surface area (Å²) in [6, 6.07) is 106. The number of para-hydroxylation sites is 1. The van der Waals surface area contributed by atoms with Crippen LogP contribution in [0.25, 0.3) is 108 Å². The Labute approximate surface area is 466 Å². The van der Waals surface area contributed by atoms with Gasteiger partial charge in [0.2, 0.25) is 0 Å². The van der Waals surface area contributed by atoms with E-state index in [1.165, 1.54) is 114 Å². The Morgan fingerprint density at radius 2 is 0.550 bits per heavy atom. The van der Waals surface area contributed by atoms with Crippen LogP contribution in [0.5, 0.6) is 0 Å². The summed E-state index contributed by atoms with van der Waals surface area (Å²) in [6.07, 6.45) is 0. The van der Waals surface area contributed by atoms with Crippen LogP contribution in [0.1, 0.15) is 26.3 Å². The number of hydrogen-bond acceptors (Lipinski definition) is 2. The first-order valence-electron chi connectivity index (χ1n) is 27.9. The van der Waals surface area contributed by atoms with Crippen molar-refractivity contribution in [2.45, 2.75) is 26.2 Å². The normalized spacial score (nSPS) is 11.9. The predicted octanol–water partition coefficient (Wildman–Crippen LogP) is 22.5. The maximum atomic E-state index is 2.49. The minimum atomic E-state index is 0.00461. The molecular formula is C78H56N2. The zero-order valence-corrected chi connectivity index (χ0v) is 45.0. The molecule has 0 fully saturated rings. The fourth-order valence-electron chi connectivity index (χ4n) is 12.8. The van der Waals surface area contributed by atoms with E-state index in [-0.39, 0.29) is 5.41 Å². The van der Waals surface area contributed by atoms with Crippen molar-refractivity contribution in [3.05, 3.63) is 291 Å². The average molecular weight is 1020 g/mol. The van der Waals surface area contributed by atoms with Gasteiger partial charge in [-0.2, -0.15) is 0 Å². The summed E-state index contributed by atoms with van der Waals surface area (Å²) in [5.41, 5.74) is 12.7. The van der Waals surface area contributed by atoms with E-state index in [1.54, 1.807) is 0 Å². The number of rotatable bonds is 8. The Kier molecular flexibility index (Phi) is 11.1. The molecule has 0 radical (unpaired) electrons. The van der Waals surface area contributed by atoms with Crippen LogP contribution >= 0.6 is 0 Å². The molecule has 0 atom stereocenters. The molecular weight excluding hydrogens is 965 g/mol. The van der Waals surface area contributed by atoms with Crippen LogP contribution < -0.4 is 9.80 Å². The van der Waals surface area contributed by atoms with E-state index in [0.717, 1.165) is 34.1 Å². The Bertz CT molecular complexity index is 4930. The lowest BCUT2D eigenvalue weighted by molar-refractivity contribution is 0.590. The number of anilines is 6. The SMILES string of the molecule is CC(C)(C)c1ccc(N(c2ccc3ccccc3c2)c2ccc3c(-c4cc5ccccc5c5ccccc45)c4cc(N(c5ccccc5)c5ccc6ccccc6c5)ccc4c(-c4cc5ccccc5c5ccccc45)c3c2)cc1. The van der Waals surface area contributed by atoms with Gasteiger partial charge in [-0.15, -0.1) is 0 Å². The minimum absolute atomic E-state index is 0.00461. The van der Waals surface area contributed by atoms with E-state index < -0.39 is 0 Å². The monoisotopic (exact) mass is 1020 g/mol. The number of nitrogens with zero attached hydrogens (tertiary/aromatic N) is 2. The molecule has 0 saturated heterocycles. The molecule has 0 amide bonds. The van der Waals surface area contributed by atoms with Crippen molar-refractivity contribution in [3.8, 4) is 22.3 Å². The minimum Gasteiger partial charge on any atom is -0.310 e. The average Bonchev–Trinajstić information content (AvgIpc) is 3.54. The van der Waals surface area contributed by atoms with Gasteiger partial charge in [0.15, 0.2) is 0 Å². The van der Waals surface area contributed by atoms with E-state index in [1.807, 2.05) is 0 Å². The van der Waals surface area contributed by atoms with Gasteiger partial charge >= 0.3 is 0 Å². The summed E-state index contributed by atoms with van der Waals surface area (Å²) in [5.74, 6) is 0. The Morgan fingerprint density at radius 1 is 0.212 bits per heavy atom. The lowest BCUT2D eigenvalue weighted by Gasteiger charge is -2.29. The second-order valence-corrected chi connectivity index (χ2v) is 22.5. The summed E-state index contributed by atoms with van der Waals surface area (Å²) in [4.78, 5) is 4.89. The molecule has 2 nitrogen and oxygen atoms in total. The third-order valence-corrected chi connectivity index (χ3v) is 16.7. The topological polar surface area (TPSA) is 6.48 Å². The predicted molar refractivity (Wildman–Crippen MR) is 345 cm³/mol. The highest BCUT2D eigenvalue weighted by Crippen LogP contribution is 2.52. The summed E-state index contributed by atoms with van der Waals surface area (Å²) < 4.78 is 0. The highest BCUT2D eigenvalue weighted by molar-refractivity contribution is 6.29. The molecule has 0 N–H and O–H groups in total. The number of benzene rings is 15. The van der Waals surface area contributed by atoms with Crippen molar-refractivity contribution < 1.29 is 0 Å². The first-order chi connectivity index (χ1) is 39.3. The fourth-order valence-corrected chi connectivity index (χ4v) is 12.8. The zero-order valence-electron chi connectivity index (χ0n) is 45.0. The van der Waals surface area contributed by atoms with Crippen molar-refractivity contribution in [1.29, 1.82) is 0 Å². The third kappa shape index (κ3) is 7.94. The van der Waals surface area contributed by atoms with E-state index in [9.17, 15) is 0 Å². The van der Waals surface area contributed by atoms with Crippen LogP contribution in [-0.4, -0.2) is 0 Å². The second kappa shape index (κ2) is 18.9. The van der Waals surface area contributed by atoms with Crippen molar-refractivity contribution in [3.63, 3.8) is 0 Å². The van der Waals surface area contributed by atoms with E-state index in [4.69, 9.17) is 0 Å². The van der Waals surface area contributed by atoms with Gasteiger partial charge < -0.3 is 9.80 Å². The molecule has 15 aromatic rings. The van der Waals surface area contributed by atoms with Gasteiger partial charge in [-0.1, -0.05) is 221 Å². The molecule has 0 aromatic heterocycles. The van der Waals surface area contributed by atoms with Gasteiger partial charge in [-0.05, 0) is 204 Å². The molecule has 0 aliphatic rings. The molecule has 0 saturated carbocycles. The van der Waals surface area contributed by atoms with Gasteiger partial charge in [0.25, 0.3) is 0 Å². The highest BCUT2D eigenvalue weighted by Gasteiger charge is 2.25. The molecule has 0 unspecified atom stereocenters. The molecule has 0 aliphatic heterocycles. The van der Waals surface area contributed by atoms with E-state index in [0.29, 0.717) is 0 Å². The molecule has 0 heterocycles. The Balaban J connectivity index is 1.10. The first-order valence-corrected chi connectivity index (χ1v) is 27.9. The van der Waals surface area contributed by atoms with Gasteiger partial charge in [-0.25, -0.2) is 0 Å². The number of hydrogen-bond donors (Lipinski definition) is 0. The molecule has 15 rings (SSSR count). The lowest BCUT2D eigenvalue weighted by Crippen LogP contribution is -2.13. The van der Waals surface area contributed by atoms with Gasteiger partial charge in [-0.3, -0.25) is 0 Å². The Hall–Kier alpha value is -10.0. The molecule has 15 aromatic carbocycles. The summed E-state index contributed by atoms with van der Waals surface area (Å²) in [5, 5.41) is 19.4. The molecule has 378 valence electrons. The van der Waals surface area contributed by atoms with E-state index in [2.05, 4.69) is 316 Å². The van der Waals surface area contributed by atoms with Crippen LogP contribution in [0.4, 0.5) is 34.1 Å². The lowest BCUT2D eigenvalue weighted by atomic mass is 9.82. The van der Waals surface area contributed by atoms with Crippen molar-refractivity contribution in [2.24, 2.45) is 0 Å². The molecule has 0 aliphatic carbocycles. The smallest absolute Gasteiger partial charge is 0.0468 e. The molecule has 80 heavy (non-hydrogen) atoms. The van der Waals surface area contributed by atoms with Crippen molar-refractivity contribution >= 4 is 120 Å². The maximum Gasteiger partial charge on any atom is 0.0468 e. The molecule has 0 spiro atoms.